The van der Waals surface area contributed by atoms with E-state index in [1.807, 2.05) is 46.0 Å². The number of hydrogen-bond donors (Lipinski definition) is 2. The van der Waals surface area contributed by atoms with E-state index in [1.54, 1.807) is 11.3 Å². The first-order valence-electron chi connectivity index (χ1n) is 9.32. The molecule has 2 aromatic heterocycles. The lowest BCUT2D eigenvalue weighted by molar-refractivity contribution is 0.0651. The Morgan fingerprint density at radius 3 is 2.93 bits per heavy atom. The zero-order chi connectivity index (χ0) is 19.3. The van der Waals surface area contributed by atoms with Crippen molar-refractivity contribution in [3.05, 3.63) is 52.5 Å². The van der Waals surface area contributed by atoms with E-state index in [1.165, 1.54) is 0 Å². The standard InChI is InChI=1S/C20H22N4O3S/c25-12-14-4-7-24(8-5-14)20(26)15-2-1-3-17(10-15)21-11-18-22-19(23-27-18)16-6-9-28-13-16/h1-3,6,9-10,13-14,21,25H,4-5,7-8,11-12H2. The van der Waals surface area contributed by atoms with Gasteiger partial charge in [0.2, 0.25) is 11.7 Å². The summed E-state index contributed by atoms with van der Waals surface area (Å²) in [7, 11) is 0. The molecule has 0 bridgehead atoms. The average Bonchev–Trinajstić information content (AvgIpc) is 3.44. The van der Waals surface area contributed by atoms with Gasteiger partial charge < -0.3 is 19.8 Å². The summed E-state index contributed by atoms with van der Waals surface area (Å²) in [6.07, 6.45) is 1.70. The van der Waals surface area contributed by atoms with Crippen LogP contribution in [0.25, 0.3) is 11.4 Å². The highest BCUT2D eigenvalue weighted by Crippen LogP contribution is 2.21. The first-order chi connectivity index (χ1) is 13.7. The number of benzene rings is 1. The molecule has 7 nitrogen and oxygen atoms in total. The number of amides is 1. The summed E-state index contributed by atoms with van der Waals surface area (Å²) in [6, 6.07) is 9.39. The third-order valence-electron chi connectivity index (χ3n) is 4.96. The predicted octanol–water partition coefficient (Wildman–Crippen LogP) is 3.25. The van der Waals surface area contributed by atoms with Crippen molar-refractivity contribution in [3.8, 4) is 11.4 Å². The molecule has 3 aromatic rings. The van der Waals surface area contributed by atoms with Crippen molar-refractivity contribution in [2.75, 3.05) is 25.0 Å². The Hall–Kier alpha value is -2.71. The molecule has 0 radical (unpaired) electrons. The minimum absolute atomic E-state index is 0.0255. The third-order valence-corrected chi connectivity index (χ3v) is 5.64. The maximum atomic E-state index is 12.8. The van der Waals surface area contributed by atoms with Crippen molar-refractivity contribution in [2.45, 2.75) is 19.4 Å². The number of nitrogens with one attached hydrogen (secondary N) is 1. The van der Waals surface area contributed by atoms with Crippen LogP contribution in [0, 0.1) is 5.92 Å². The Balaban J connectivity index is 1.37. The van der Waals surface area contributed by atoms with Crippen LogP contribution in [-0.4, -0.2) is 45.8 Å². The quantitative estimate of drug-likeness (QED) is 0.662. The molecule has 0 saturated carbocycles. The summed E-state index contributed by atoms with van der Waals surface area (Å²) in [5, 5.41) is 20.4. The summed E-state index contributed by atoms with van der Waals surface area (Å²) in [5.74, 6) is 1.40. The average molecular weight is 398 g/mol. The second kappa shape index (κ2) is 8.53. The van der Waals surface area contributed by atoms with Crippen LogP contribution in [0.5, 0.6) is 0 Å². The van der Waals surface area contributed by atoms with Gasteiger partial charge in [0, 0.05) is 41.9 Å². The number of piperidine rings is 1. The van der Waals surface area contributed by atoms with Gasteiger partial charge in [-0.1, -0.05) is 11.2 Å². The third kappa shape index (κ3) is 4.23. The number of carbonyl (C=O) groups excluding carboxylic acids is 1. The van der Waals surface area contributed by atoms with Crippen LogP contribution in [0.4, 0.5) is 5.69 Å². The first-order valence-corrected chi connectivity index (χ1v) is 10.3. The van der Waals surface area contributed by atoms with Gasteiger partial charge in [-0.05, 0) is 48.4 Å². The van der Waals surface area contributed by atoms with Gasteiger partial charge in [-0.3, -0.25) is 4.79 Å². The Morgan fingerprint density at radius 1 is 1.32 bits per heavy atom. The fourth-order valence-corrected chi connectivity index (χ4v) is 3.91. The van der Waals surface area contributed by atoms with Crippen molar-refractivity contribution in [1.29, 1.82) is 0 Å². The number of aliphatic hydroxyl groups excluding tert-OH is 1. The van der Waals surface area contributed by atoms with E-state index < -0.39 is 0 Å². The minimum Gasteiger partial charge on any atom is -0.396 e. The van der Waals surface area contributed by atoms with Crippen molar-refractivity contribution in [1.82, 2.24) is 15.0 Å². The minimum atomic E-state index is 0.0255. The summed E-state index contributed by atoms with van der Waals surface area (Å²) >= 11 is 1.59. The molecule has 0 aliphatic carbocycles. The summed E-state index contributed by atoms with van der Waals surface area (Å²) < 4.78 is 5.29. The van der Waals surface area contributed by atoms with E-state index in [4.69, 9.17) is 4.52 Å². The normalized spacial score (nSPS) is 15.0. The van der Waals surface area contributed by atoms with Crippen molar-refractivity contribution >= 4 is 22.9 Å². The zero-order valence-electron chi connectivity index (χ0n) is 15.4. The van der Waals surface area contributed by atoms with Crippen LogP contribution in [0.1, 0.15) is 29.1 Å². The van der Waals surface area contributed by atoms with Gasteiger partial charge in [0.25, 0.3) is 5.91 Å². The Kier molecular flexibility index (Phi) is 5.68. The number of thiophene rings is 1. The number of aliphatic hydroxyl groups is 1. The van der Waals surface area contributed by atoms with Gasteiger partial charge in [-0.25, -0.2) is 0 Å². The van der Waals surface area contributed by atoms with Crippen molar-refractivity contribution in [2.24, 2.45) is 5.92 Å². The molecule has 1 amide bonds. The van der Waals surface area contributed by atoms with Crippen LogP contribution in [0.2, 0.25) is 0 Å². The Morgan fingerprint density at radius 2 is 2.18 bits per heavy atom. The fourth-order valence-electron chi connectivity index (χ4n) is 3.28. The second-order valence-electron chi connectivity index (χ2n) is 6.88. The van der Waals surface area contributed by atoms with Gasteiger partial charge in [-0.2, -0.15) is 16.3 Å². The number of anilines is 1. The smallest absolute Gasteiger partial charge is 0.253 e. The summed E-state index contributed by atoms with van der Waals surface area (Å²) in [5.41, 5.74) is 2.42. The topological polar surface area (TPSA) is 91.5 Å². The van der Waals surface area contributed by atoms with E-state index in [9.17, 15) is 9.90 Å². The van der Waals surface area contributed by atoms with Crippen LogP contribution in [0.3, 0.4) is 0 Å². The largest absolute Gasteiger partial charge is 0.396 e. The van der Waals surface area contributed by atoms with Crippen LogP contribution < -0.4 is 5.32 Å². The van der Waals surface area contributed by atoms with Gasteiger partial charge in [-0.15, -0.1) is 0 Å². The van der Waals surface area contributed by atoms with E-state index in [-0.39, 0.29) is 12.5 Å². The van der Waals surface area contributed by atoms with Gasteiger partial charge >= 0.3 is 0 Å². The van der Waals surface area contributed by atoms with Gasteiger partial charge in [0.05, 0.1) is 6.54 Å². The lowest BCUT2D eigenvalue weighted by Gasteiger charge is -2.31. The molecule has 146 valence electrons. The second-order valence-corrected chi connectivity index (χ2v) is 7.66. The zero-order valence-corrected chi connectivity index (χ0v) is 16.2. The Labute approximate surface area is 167 Å². The summed E-state index contributed by atoms with van der Waals surface area (Å²) in [4.78, 5) is 19.0. The van der Waals surface area contributed by atoms with Crippen LogP contribution >= 0.6 is 11.3 Å². The SMILES string of the molecule is O=C(c1cccc(NCc2nc(-c3ccsc3)no2)c1)N1CCC(CO)CC1. The number of likely N-dealkylation sites (tertiary alicyclic amines) is 1. The molecule has 0 unspecified atom stereocenters. The predicted molar refractivity (Wildman–Crippen MR) is 107 cm³/mol. The number of nitrogens with zero attached hydrogens (tertiary/aromatic N) is 3. The first kappa shape index (κ1) is 18.6. The molecule has 0 spiro atoms. The highest BCUT2D eigenvalue weighted by molar-refractivity contribution is 7.08. The molecule has 1 aliphatic rings. The lowest BCUT2D eigenvalue weighted by atomic mass is 9.97. The van der Waals surface area contributed by atoms with E-state index in [0.29, 0.717) is 42.8 Å². The number of carbonyl (C=O) groups is 1. The van der Waals surface area contributed by atoms with Gasteiger partial charge in [0.1, 0.15) is 0 Å². The molecule has 1 aromatic carbocycles. The number of hydrogen-bond acceptors (Lipinski definition) is 7. The molecule has 4 rings (SSSR count). The monoisotopic (exact) mass is 398 g/mol. The molecule has 1 fully saturated rings. The van der Waals surface area contributed by atoms with Crippen molar-refractivity contribution < 1.29 is 14.4 Å². The molecular weight excluding hydrogens is 376 g/mol. The molecule has 28 heavy (non-hydrogen) atoms. The van der Waals surface area contributed by atoms with Crippen molar-refractivity contribution in [3.63, 3.8) is 0 Å². The van der Waals surface area contributed by atoms with E-state index >= 15 is 0 Å². The molecule has 1 aliphatic heterocycles. The fraction of sp³-hybridized carbons (Fsp3) is 0.350. The number of rotatable bonds is 6. The molecule has 3 heterocycles. The highest BCUT2D eigenvalue weighted by atomic mass is 32.1. The maximum absolute atomic E-state index is 12.8. The van der Waals surface area contributed by atoms with Crippen LogP contribution in [-0.2, 0) is 6.54 Å². The van der Waals surface area contributed by atoms with E-state index in [0.717, 1.165) is 24.1 Å². The number of aromatic nitrogens is 2. The molecule has 2 N–H and O–H groups in total. The lowest BCUT2D eigenvalue weighted by Crippen LogP contribution is -2.39. The highest BCUT2D eigenvalue weighted by Gasteiger charge is 2.23. The van der Waals surface area contributed by atoms with Crippen LogP contribution in [0.15, 0.2) is 45.6 Å². The van der Waals surface area contributed by atoms with Gasteiger partial charge in [0.15, 0.2) is 0 Å². The molecule has 1 saturated heterocycles. The maximum Gasteiger partial charge on any atom is 0.253 e. The molecule has 8 heteroatoms. The van der Waals surface area contributed by atoms with E-state index in [2.05, 4.69) is 15.5 Å². The summed E-state index contributed by atoms with van der Waals surface area (Å²) in [6.45, 7) is 1.96. The molecule has 0 atom stereocenters. The Bertz CT molecular complexity index is 917. The molecular formula is C20H22N4O3S.